The van der Waals surface area contributed by atoms with Crippen molar-refractivity contribution in [2.24, 2.45) is 0 Å². The van der Waals surface area contributed by atoms with E-state index in [0.29, 0.717) is 23.8 Å². The van der Waals surface area contributed by atoms with E-state index < -0.39 is 11.2 Å². The SMILES string of the molecule is CCCCn1c(N)c(N(CCC(=O)Nc2cccc(Cl)c2)Cc2ccccc2)c(=O)[nH]c1=O. The summed E-state index contributed by atoms with van der Waals surface area (Å²) >= 11 is 5.99. The van der Waals surface area contributed by atoms with Crippen LogP contribution in [0.5, 0.6) is 0 Å². The number of nitrogens with one attached hydrogen (secondary N) is 2. The molecular weight excluding hydrogens is 442 g/mol. The Balaban J connectivity index is 1.88. The number of aromatic amines is 1. The number of carbonyl (C=O) groups excluding carboxylic acids is 1. The monoisotopic (exact) mass is 469 g/mol. The van der Waals surface area contributed by atoms with Gasteiger partial charge in [-0.2, -0.15) is 0 Å². The Labute approximate surface area is 197 Å². The van der Waals surface area contributed by atoms with Gasteiger partial charge in [-0.15, -0.1) is 0 Å². The number of hydrogen-bond donors (Lipinski definition) is 3. The number of halogens is 1. The lowest BCUT2D eigenvalue weighted by Crippen LogP contribution is -2.39. The van der Waals surface area contributed by atoms with Crippen molar-refractivity contribution in [1.29, 1.82) is 0 Å². The fraction of sp³-hybridized carbons (Fsp3) is 0.292. The Morgan fingerprint density at radius 1 is 1.15 bits per heavy atom. The van der Waals surface area contributed by atoms with Gasteiger partial charge in [0.15, 0.2) is 0 Å². The van der Waals surface area contributed by atoms with Crippen molar-refractivity contribution in [1.82, 2.24) is 9.55 Å². The summed E-state index contributed by atoms with van der Waals surface area (Å²) < 4.78 is 1.38. The molecule has 0 radical (unpaired) electrons. The third-order valence-electron chi connectivity index (χ3n) is 5.20. The Bertz CT molecular complexity index is 1210. The normalized spacial score (nSPS) is 10.7. The van der Waals surface area contributed by atoms with Gasteiger partial charge in [0.2, 0.25) is 5.91 Å². The Morgan fingerprint density at radius 3 is 2.61 bits per heavy atom. The fourth-order valence-corrected chi connectivity index (χ4v) is 3.71. The molecule has 0 saturated carbocycles. The second-order valence-corrected chi connectivity index (χ2v) is 8.15. The molecule has 1 amide bonds. The van der Waals surface area contributed by atoms with Crippen LogP contribution in [0.25, 0.3) is 0 Å². The van der Waals surface area contributed by atoms with Gasteiger partial charge in [0.05, 0.1) is 0 Å². The minimum absolute atomic E-state index is 0.100. The average molecular weight is 470 g/mol. The van der Waals surface area contributed by atoms with Gasteiger partial charge in [-0.1, -0.05) is 61.3 Å². The van der Waals surface area contributed by atoms with Gasteiger partial charge in [-0.05, 0) is 30.2 Å². The topological polar surface area (TPSA) is 113 Å². The number of amides is 1. The summed E-state index contributed by atoms with van der Waals surface area (Å²) in [5.74, 6) is -0.131. The number of nitrogen functional groups attached to an aromatic ring is 1. The molecule has 8 nitrogen and oxygen atoms in total. The van der Waals surface area contributed by atoms with Gasteiger partial charge in [0.1, 0.15) is 11.5 Å². The quantitative estimate of drug-likeness (QED) is 0.419. The van der Waals surface area contributed by atoms with E-state index in [0.717, 1.165) is 18.4 Å². The van der Waals surface area contributed by atoms with Gasteiger partial charge in [0, 0.05) is 36.8 Å². The van der Waals surface area contributed by atoms with Crippen molar-refractivity contribution in [3.63, 3.8) is 0 Å². The van der Waals surface area contributed by atoms with E-state index in [1.807, 2.05) is 37.3 Å². The number of rotatable bonds is 10. The zero-order valence-corrected chi connectivity index (χ0v) is 19.3. The molecule has 33 heavy (non-hydrogen) atoms. The highest BCUT2D eigenvalue weighted by atomic mass is 35.5. The highest BCUT2D eigenvalue weighted by Gasteiger charge is 2.20. The van der Waals surface area contributed by atoms with Gasteiger partial charge in [-0.3, -0.25) is 19.1 Å². The minimum atomic E-state index is -0.573. The van der Waals surface area contributed by atoms with E-state index in [2.05, 4.69) is 10.3 Å². The highest BCUT2D eigenvalue weighted by Crippen LogP contribution is 2.21. The summed E-state index contributed by atoms with van der Waals surface area (Å²) in [5.41, 5.74) is 6.92. The molecule has 0 aliphatic rings. The van der Waals surface area contributed by atoms with Crippen molar-refractivity contribution < 1.29 is 4.79 Å². The van der Waals surface area contributed by atoms with Crippen LogP contribution in [-0.2, 0) is 17.9 Å². The summed E-state index contributed by atoms with van der Waals surface area (Å²) in [6.45, 7) is 2.98. The molecule has 9 heteroatoms. The maximum atomic E-state index is 12.8. The molecule has 0 saturated heterocycles. The molecule has 2 aromatic carbocycles. The maximum Gasteiger partial charge on any atom is 0.330 e. The molecule has 4 N–H and O–H groups in total. The van der Waals surface area contributed by atoms with Crippen molar-refractivity contribution >= 4 is 34.7 Å². The molecule has 0 atom stereocenters. The molecule has 3 rings (SSSR count). The predicted octanol–water partition coefficient (Wildman–Crippen LogP) is 3.61. The molecule has 0 fully saturated rings. The number of benzene rings is 2. The van der Waals surface area contributed by atoms with Crippen LogP contribution >= 0.6 is 11.6 Å². The van der Waals surface area contributed by atoms with Crippen LogP contribution in [-0.4, -0.2) is 22.0 Å². The maximum absolute atomic E-state index is 12.8. The van der Waals surface area contributed by atoms with E-state index in [-0.39, 0.29) is 30.4 Å². The van der Waals surface area contributed by atoms with Crippen LogP contribution in [0.1, 0.15) is 31.7 Å². The molecule has 0 unspecified atom stereocenters. The lowest BCUT2D eigenvalue weighted by Gasteiger charge is -2.26. The van der Waals surface area contributed by atoms with Crippen LogP contribution in [0, 0.1) is 0 Å². The van der Waals surface area contributed by atoms with Gasteiger partial charge < -0.3 is 16.0 Å². The summed E-state index contributed by atoms with van der Waals surface area (Å²) in [5, 5.41) is 3.33. The first-order valence-corrected chi connectivity index (χ1v) is 11.2. The molecule has 174 valence electrons. The number of hydrogen-bond acceptors (Lipinski definition) is 5. The number of unbranched alkanes of at least 4 members (excludes halogenated alkanes) is 1. The first kappa shape index (κ1) is 24.1. The minimum Gasteiger partial charge on any atom is -0.383 e. The van der Waals surface area contributed by atoms with Crippen LogP contribution < -0.4 is 27.2 Å². The third kappa shape index (κ3) is 6.49. The Hall–Kier alpha value is -3.52. The standard InChI is InChI=1S/C24H28ClN5O3/c1-2-3-13-30-22(26)21(23(32)28-24(30)33)29(16-17-8-5-4-6-9-17)14-12-20(31)27-19-11-7-10-18(25)15-19/h4-11,15H,2-3,12-14,16,26H2,1H3,(H,27,31)(H,28,32,33). The fourth-order valence-electron chi connectivity index (χ4n) is 3.52. The molecule has 0 spiro atoms. The Kier molecular flexibility index (Phi) is 8.32. The van der Waals surface area contributed by atoms with Crippen molar-refractivity contribution in [3.05, 3.63) is 86.0 Å². The second-order valence-electron chi connectivity index (χ2n) is 7.71. The van der Waals surface area contributed by atoms with E-state index in [9.17, 15) is 14.4 Å². The smallest absolute Gasteiger partial charge is 0.330 e. The lowest BCUT2D eigenvalue weighted by molar-refractivity contribution is -0.116. The van der Waals surface area contributed by atoms with E-state index in [1.54, 1.807) is 29.2 Å². The van der Waals surface area contributed by atoms with Crippen molar-refractivity contribution in [3.8, 4) is 0 Å². The van der Waals surface area contributed by atoms with Crippen molar-refractivity contribution in [2.45, 2.75) is 39.3 Å². The molecule has 0 aliphatic heterocycles. The number of anilines is 3. The summed E-state index contributed by atoms with van der Waals surface area (Å²) in [7, 11) is 0. The number of carbonyl (C=O) groups is 1. The average Bonchev–Trinajstić information content (AvgIpc) is 2.77. The molecule has 0 bridgehead atoms. The molecule has 1 heterocycles. The third-order valence-corrected chi connectivity index (χ3v) is 5.43. The molecular formula is C24H28ClN5O3. The first-order valence-electron chi connectivity index (χ1n) is 10.9. The molecule has 3 aromatic rings. The van der Waals surface area contributed by atoms with E-state index >= 15 is 0 Å². The summed E-state index contributed by atoms with van der Waals surface area (Å²) in [4.78, 5) is 41.8. The number of nitrogens with two attached hydrogens (primary N) is 1. The van der Waals surface area contributed by atoms with Gasteiger partial charge in [-0.25, -0.2) is 4.79 Å². The first-order chi connectivity index (χ1) is 15.9. The van der Waals surface area contributed by atoms with E-state index in [1.165, 1.54) is 4.57 Å². The lowest BCUT2D eigenvalue weighted by atomic mass is 10.2. The number of H-pyrrole nitrogens is 1. The summed E-state index contributed by atoms with van der Waals surface area (Å²) in [6, 6.07) is 16.4. The van der Waals surface area contributed by atoms with Gasteiger partial charge >= 0.3 is 5.69 Å². The van der Waals surface area contributed by atoms with Crippen LogP contribution in [0.15, 0.2) is 64.2 Å². The molecule has 1 aromatic heterocycles. The van der Waals surface area contributed by atoms with Crippen LogP contribution in [0.2, 0.25) is 5.02 Å². The van der Waals surface area contributed by atoms with Crippen LogP contribution in [0.3, 0.4) is 0 Å². The number of aromatic nitrogens is 2. The zero-order chi connectivity index (χ0) is 23.8. The highest BCUT2D eigenvalue weighted by molar-refractivity contribution is 6.30. The predicted molar refractivity (Wildman–Crippen MR) is 133 cm³/mol. The summed E-state index contributed by atoms with van der Waals surface area (Å²) in [6.07, 6.45) is 1.72. The van der Waals surface area contributed by atoms with Crippen molar-refractivity contribution in [2.75, 3.05) is 22.5 Å². The van der Waals surface area contributed by atoms with E-state index in [4.69, 9.17) is 17.3 Å². The van der Waals surface area contributed by atoms with Crippen LogP contribution in [0.4, 0.5) is 17.2 Å². The largest absolute Gasteiger partial charge is 0.383 e. The Morgan fingerprint density at radius 2 is 1.91 bits per heavy atom. The number of nitrogens with zero attached hydrogens (tertiary/aromatic N) is 2. The zero-order valence-electron chi connectivity index (χ0n) is 18.5. The second kappa shape index (κ2) is 11.4. The van der Waals surface area contributed by atoms with Gasteiger partial charge in [0.25, 0.3) is 5.56 Å². The molecule has 0 aliphatic carbocycles.